The SMILES string of the molecule is C[C@]12CCC(=O)C(S)=C1CCC1C2CC[C@]2(C)C(=O)CCC12. The van der Waals surface area contributed by atoms with E-state index >= 15 is 0 Å². The zero-order chi connectivity index (χ0) is 15.7. The van der Waals surface area contributed by atoms with E-state index in [4.69, 9.17) is 0 Å². The quantitative estimate of drug-likeness (QED) is 0.674. The van der Waals surface area contributed by atoms with Gasteiger partial charge in [-0.25, -0.2) is 0 Å². The van der Waals surface area contributed by atoms with Crippen LogP contribution in [0.4, 0.5) is 0 Å². The predicted octanol–water partition coefficient (Wildman–Crippen LogP) is 4.34. The minimum absolute atomic E-state index is 0.0486. The second-order valence-electron chi connectivity index (χ2n) is 8.50. The Bertz CT molecular complexity index is 592. The summed E-state index contributed by atoms with van der Waals surface area (Å²) in [6, 6.07) is 0. The first-order valence-electron chi connectivity index (χ1n) is 8.87. The van der Waals surface area contributed by atoms with Crippen LogP contribution >= 0.6 is 12.6 Å². The Morgan fingerprint density at radius 2 is 1.64 bits per heavy atom. The highest BCUT2D eigenvalue weighted by atomic mass is 32.1. The molecule has 2 nitrogen and oxygen atoms in total. The summed E-state index contributed by atoms with van der Waals surface area (Å²) in [4.78, 5) is 25.2. The van der Waals surface area contributed by atoms with Gasteiger partial charge in [-0.3, -0.25) is 9.59 Å². The average molecular weight is 318 g/mol. The van der Waals surface area contributed by atoms with Crippen molar-refractivity contribution in [2.75, 3.05) is 0 Å². The van der Waals surface area contributed by atoms with Gasteiger partial charge in [0.05, 0.1) is 0 Å². The number of thiol groups is 1. The molecular formula is C19H26O2S. The summed E-state index contributed by atoms with van der Waals surface area (Å²) < 4.78 is 0. The molecule has 0 heterocycles. The minimum atomic E-state index is -0.0486. The molecule has 0 spiro atoms. The fourth-order valence-corrected chi connectivity index (χ4v) is 6.94. The smallest absolute Gasteiger partial charge is 0.168 e. The topological polar surface area (TPSA) is 34.1 Å². The van der Waals surface area contributed by atoms with E-state index in [0.717, 1.165) is 49.9 Å². The maximum atomic E-state index is 12.4. The van der Waals surface area contributed by atoms with Gasteiger partial charge in [-0.15, -0.1) is 12.6 Å². The van der Waals surface area contributed by atoms with Crippen molar-refractivity contribution in [3.63, 3.8) is 0 Å². The van der Waals surface area contributed by atoms with Crippen LogP contribution in [0.15, 0.2) is 10.5 Å². The molecule has 4 rings (SSSR count). The highest BCUT2D eigenvalue weighted by Crippen LogP contribution is 2.65. The van der Waals surface area contributed by atoms with Crippen LogP contribution in [0.3, 0.4) is 0 Å². The number of fused-ring (bicyclic) bond motifs is 5. The molecule has 3 heteroatoms. The molecular weight excluding hydrogens is 292 g/mol. The number of hydrogen-bond acceptors (Lipinski definition) is 3. The summed E-state index contributed by atoms with van der Waals surface area (Å²) in [5, 5.41) is 0. The first-order chi connectivity index (χ1) is 10.4. The zero-order valence-electron chi connectivity index (χ0n) is 13.7. The Labute approximate surface area is 138 Å². The maximum Gasteiger partial charge on any atom is 0.168 e. The number of Topliss-reactive ketones (excluding diaryl/α,β-unsaturated/α-hetero) is 2. The predicted molar refractivity (Wildman–Crippen MR) is 89.6 cm³/mol. The Kier molecular flexibility index (Phi) is 3.21. The lowest BCUT2D eigenvalue weighted by atomic mass is 9.47. The van der Waals surface area contributed by atoms with Crippen LogP contribution in [0.5, 0.6) is 0 Å². The van der Waals surface area contributed by atoms with Gasteiger partial charge in [0.1, 0.15) is 5.78 Å². The van der Waals surface area contributed by atoms with E-state index in [1.165, 1.54) is 5.57 Å². The van der Waals surface area contributed by atoms with Gasteiger partial charge in [-0.05, 0) is 67.3 Å². The van der Waals surface area contributed by atoms with Gasteiger partial charge >= 0.3 is 0 Å². The summed E-state index contributed by atoms with van der Waals surface area (Å²) >= 11 is 4.57. The lowest BCUT2D eigenvalue weighted by molar-refractivity contribution is -0.132. The Morgan fingerprint density at radius 3 is 2.41 bits per heavy atom. The van der Waals surface area contributed by atoms with E-state index in [2.05, 4.69) is 26.5 Å². The minimum Gasteiger partial charge on any atom is -0.299 e. The summed E-state index contributed by atoms with van der Waals surface area (Å²) in [6.07, 6.45) is 7.91. The van der Waals surface area contributed by atoms with E-state index in [0.29, 0.717) is 30.0 Å². The van der Waals surface area contributed by atoms with Crippen LogP contribution in [0.25, 0.3) is 0 Å². The van der Waals surface area contributed by atoms with Gasteiger partial charge in [-0.1, -0.05) is 13.8 Å². The van der Waals surface area contributed by atoms with Gasteiger partial charge in [-0.2, -0.15) is 0 Å². The van der Waals surface area contributed by atoms with E-state index in [-0.39, 0.29) is 16.6 Å². The number of rotatable bonds is 0. The van der Waals surface area contributed by atoms with Crippen molar-refractivity contribution in [2.24, 2.45) is 28.6 Å². The lowest BCUT2D eigenvalue weighted by Crippen LogP contribution is -2.50. The summed E-state index contributed by atoms with van der Waals surface area (Å²) in [7, 11) is 0. The van der Waals surface area contributed by atoms with Crippen molar-refractivity contribution in [1.82, 2.24) is 0 Å². The average Bonchev–Trinajstić information content (AvgIpc) is 2.79. The monoisotopic (exact) mass is 318 g/mol. The molecule has 3 unspecified atom stereocenters. The molecule has 5 atom stereocenters. The maximum absolute atomic E-state index is 12.4. The van der Waals surface area contributed by atoms with Crippen molar-refractivity contribution >= 4 is 24.2 Å². The molecule has 0 aliphatic heterocycles. The molecule has 3 fully saturated rings. The third kappa shape index (κ3) is 1.75. The Hall–Kier alpha value is -0.570. The van der Waals surface area contributed by atoms with Crippen molar-refractivity contribution in [1.29, 1.82) is 0 Å². The molecule has 0 N–H and O–H groups in total. The standard InChI is InChI=1S/C19H26O2S/c1-18-10-8-15(20)17(22)14(18)4-3-11-12-5-6-16(21)19(12,2)9-7-13(11)18/h11-13,22H,3-10H2,1-2H3/t11?,12?,13?,18-,19+/m1/s1. The second-order valence-corrected chi connectivity index (χ2v) is 8.95. The molecule has 0 bridgehead atoms. The van der Waals surface area contributed by atoms with Crippen LogP contribution in [0.1, 0.15) is 65.2 Å². The van der Waals surface area contributed by atoms with Gasteiger partial charge in [0.2, 0.25) is 0 Å². The molecule has 4 aliphatic carbocycles. The molecule has 0 amide bonds. The summed E-state index contributed by atoms with van der Waals surface area (Å²) in [6.45, 7) is 4.60. The molecule has 0 radical (unpaired) electrons. The van der Waals surface area contributed by atoms with Gasteiger partial charge in [0.15, 0.2) is 5.78 Å². The van der Waals surface area contributed by atoms with E-state index < -0.39 is 0 Å². The number of carbonyl (C=O) groups excluding carboxylic acids is 2. The van der Waals surface area contributed by atoms with E-state index in [1.807, 2.05) is 0 Å². The van der Waals surface area contributed by atoms with Gasteiger partial charge < -0.3 is 0 Å². The number of ketones is 2. The lowest BCUT2D eigenvalue weighted by Gasteiger charge is -2.57. The normalized spacial score (nSPS) is 48.0. The largest absolute Gasteiger partial charge is 0.299 e. The fourth-order valence-electron chi connectivity index (χ4n) is 6.46. The first kappa shape index (κ1) is 15.0. The third-order valence-electron chi connectivity index (χ3n) is 7.80. The zero-order valence-corrected chi connectivity index (χ0v) is 14.5. The highest BCUT2D eigenvalue weighted by molar-refractivity contribution is 7.85. The van der Waals surface area contributed by atoms with Crippen LogP contribution in [-0.4, -0.2) is 11.6 Å². The van der Waals surface area contributed by atoms with E-state index in [9.17, 15) is 9.59 Å². The van der Waals surface area contributed by atoms with Crippen molar-refractivity contribution in [2.45, 2.75) is 65.2 Å². The van der Waals surface area contributed by atoms with Crippen molar-refractivity contribution in [3.05, 3.63) is 10.5 Å². The first-order valence-corrected chi connectivity index (χ1v) is 9.32. The molecule has 4 aliphatic rings. The fraction of sp³-hybridized carbons (Fsp3) is 0.789. The van der Waals surface area contributed by atoms with Crippen molar-refractivity contribution < 1.29 is 9.59 Å². The molecule has 3 saturated carbocycles. The summed E-state index contributed by atoms with van der Waals surface area (Å²) in [5.74, 6) is 2.66. The van der Waals surface area contributed by atoms with Crippen LogP contribution in [0, 0.1) is 28.6 Å². The molecule has 0 aromatic rings. The van der Waals surface area contributed by atoms with Crippen LogP contribution in [0.2, 0.25) is 0 Å². The second kappa shape index (κ2) is 4.72. The number of allylic oxidation sites excluding steroid dienone is 1. The number of carbonyl (C=O) groups is 2. The molecule has 0 saturated heterocycles. The Morgan fingerprint density at radius 1 is 0.909 bits per heavy atom. The van der Waals surface area contributed by atoms with Crippen LogP contribution < -0.4 is 0 Å². The third-order valence-corrected chi connectivity index (χ3v) is 8.32. The molecule has 0 aromatic heterocycles. The summed E-state index contributed by atoms with van der Waals surface area (Å²) in [5.41, 5.74) is 1.44. The highest BCUT2D eigenvalue weighted by Gasteiger charge is 2.59. The number of hydrogen-bond donors (Lipinski definition) is 1. The van der Waals surface area contributed by atoms with Crippen LogP contribution in [-0.2, 0) is 9.59 Å². The Balaban J connectivity index is 1.73. The van der Waals surface area contributed by atoms with E-state index in [1.54, 1.807) is 0 Å². The molecule has 120 valence electrons. The van der Waals surface area contributed by atoms with Gasteiger partial charge in [0, 0.05) is 23.2 Å². The van der Waals surface area contributed by atoms with Crippen molar-refractivity contribution in [3.8, 4) is 0 Å². The molecule has 22 heavy (non-hydrogen) atoms. The van der Waals surface area contributed by atoms with Gasteiger partial charge in [0.25, 0.3) is 0 Å². The molecule has 0 aromatic carbocycles.